The van der Waals surface area contributed by atoms with Crippen LogP contribution >= 0.6 is 11.8 Å². The van der Waals surface area contributed by atoms with Gasteiger partial charge in [0.25, 0.3) is 5.91 Å². The zero-order chi connectivity index (χ0) is 16.4. The second-order valence-electron chi connectivity index (χ2n) is 5.79. The highest BCUT2D eigenvalue weighted by atomic mass is 32.2. The second-order valence-corrected chi connectivity index (χ2v) is 6.94. The molecule has 0 spiro atoms. The number of carbonyl (C=O) groups excluding carboxylic acids is 1. The van der Waals surface area contributed by atoms with Gasteiger partial charge in [0.2, 0.25) is 0 Å². The molecule has 1 atom stereocenters. The van der Waals surface area contributed by atoms with Crippen LogP contribution in [0.2, 0.25) is 0 Å². The molecule has 118 valence electrons. The highest BCUT2D eigenvalue weighted by molar-refractivity contribution is 7.99. The molecule has 0 fully saturated rings. The maximum absolute atomic E-state index is 12.9. The fourth-order valence-electron chi connectivity index (χ4n) is 3.03. The smallest absolute Gasteiger partial charge is 0.255 e. The molecule has 0 aromatic heterocycles. The summed E-state index contributed by atoms with van der Waals surface area (Å²) in [7, 11) is 0. The molecular formula is C21H17NOS. The van der Waals surface area contributed by atoms with Crippen LogP contribution in [0.5, 0.6) is 0 Å². The maximum atomic E-state index is 12.9. The highest BCUT2D eigenvalue weighted by Gasteiger charge is 2.36. The third-order valence-electron chi connectivity index (χ3n) is 4.19. The van der Waals surface area contributed by atoms with Crippen molar-refractivity contribution < 1.29 is 4.79 Å². The van der Waals surface area contributed by atoms with Crippen LogP contribution in [0.1, 0.15) is 26.9 Å². The summed E-state index contributed by atoms with van der Waals surface area (Å²) in [5, 5.41) is 0.0105. The van der Waals surface area contributed by atoms with Crippen molar-refractivity contribution >= 4 is 17.7 Å². The summed E-state index contributed by atoms with van der Waals surface area (Å²) in [6.07, 6.45) is 0. The van der Waals surface area contributed by atoms with Crippen molar-refractivity contribution in [1.29, 1.82) is 0 Å². The summed E-state index contributed by atoms with van der Waals surface area (Å²) in [6, 6.07) is 28.4. The van der Waals surface area contributed by atoms with Gasteiger partial charge in [-0.1, -0.05) is 78.5 Å². The molecule has 2 nitrogen and oxygen atoms in total. The zero-order valence-corrected chi connectivity index (χ0v) is 13.9. The summed E-state index contributed by atoms with van der Waals surface area (Å²) >= 11 is 1.73. The number of rotatable bonds is 4. The number of hydrogen-bond acceptors (Lipinski definition) is 2. The van der Waals surface area contributed by atoms with E-state index in [1.54, 1.807) is 11.8 Å². The molecular weight excluding hydrogens is 314 g/mol. The Morgan fingerprint density at radius 1 is 0.792 bits per heavy atom. The van der Waals surface area contributed by atoms with Crippen molar-refractivity contribution in [3.63, 3.8) is 0 Å². The maximum Gasteiger partial charge on any atom is 0.255 e. The van der Waals surface area contributed by atoms with Gasteiger partial charge in [-0.05, 0) is 29.3 Å². The van der Waals surface area contributed by atoms with Gasteiger partial charge in [0, 0.05) is 17.0 Å². The summed E-state index contributed by atoms with van der Waals surface area (Å²) in [5.41, 5.74) is 3.08. The first-order chi connectivity index (χ1) is 11.8. The predicted octanol–water partition coefficient (Wildman–Crippen LogP) is 5.13. The minimum Gasteiger partial charge on any atom is -0.318 e. The van der Waals surface area contributed by atoms with Crippen LogP contribution in [0.4, 0.5) is 0 Å². The van der Waals surface area contributed by atoms with E-state index in [2.05, 4.69) is 30.3 Å². The molecule has 0 N–H and O–H groups in total. The van der Waals surface area contributed by atoms with E-state index in [0.717, 1.165) is 16.7 Å². The van der Waals surface area contributed by atoms with E-state index in [1.165, 1.54) is 4.90 Å². The molecule has 4 rings (SSSR count). The zero-order valence-electron chi connectivity index (χ0n) is 13.1. The minimum atomic E-state index is 0.0105. The number of thioether (sulfide) groups is 1. The van der Waals surface area contributed by atoms with Crippen molar-refractivity contribution in [3.8, 4) is 0 Å². The minimum absolute atomic E-state index is 0.0105. The summed E-state index contributed by atoms with van der Waals surface area (Å²) in [5.74, 6) is 0.114. The molecule has 3 aromatic carbocycles. The molecule has 1 aliphatic rings. The Bertz CT molecular complexity index is 848. The third-order valence-corrected chi connectivity index (χ3v) is 5.46. The number of fused-ring (bicyclic) bond motifs is 1. The summed E-state index contributed by atoms with van der Waals surface area (Å²) < 4.78 is 0. The molecule has 0 aliphatic carbocycles. The van der Waals surface area contributed by atoms with Crippen LogP contribution in [0, 0.1) is 0 Å². The van der Waals surface area contributed by atoms with E-state index in [0.29, 0.717) is 6.54 Å². The van der Waals surface area contributed by atoms with Gasteiger partial charge in [-0.15, -0.1) is 0 Å². The highest BCUT2D eigenvalue weighted by Crippen LogP contribution is 2.45. The fraction of sp³-hybridized carbons (Fsp3) is 0.0952. The van der Waals surface area contributed by atoms with Crippen LogP contribution in [0.15, 0.2) is 89.8 Å². The lowest BCUT2D eigenvalue weighted by Crippen LogP contribution is -2.26. The lowest BCUT2D eigenvalue weighted by Gasteiger charge is -2.25. The van der Waals surface area contributed by atoms with Crippen molar-refractivity contribution in [2.24, 2.45) is 0 Å². The van der Waals surface area contributed by atoms with Crippen LogP contribution < -0.4 is 0 Å². The standard InChI is InChI=1S/C21H17NOS/c23-20-18-13-7-8-14-19(18)21(24-17-11-5-2-6-12-17)22(20)15-16-9-3-1-4-10-16/h1-14,21H,15H2. The summed E-state index contributed by atoms with van der Waals surface area (Å²) in [4.78, 5) is 16.1. The topological polar surface area (TPSA) is 20.3 Å². The molecule has 0 bridgehead atoms. The van der Waals surface area contributed by atoms with Crippen LogP contribution in [-0.4, -0.2) is 10.8 Å². The number of carbonyl (C=O) groups is 1. The summed E-state index contributed by atoms with van der Waals surface area (Å²) in [6.45, 7) is 0.624. The molecule has 1 aliphatic heterocycles. The Hall–Kier alpha value is -2.52. The Morgan fingerprint density at radius 2 is 1.42 bits per heavy atom. The second kappa shape index (κ2) is 6.54. The number of amides is 1. The molecule has 0 saturated heterocycles. The Labute approximate surface area is 146 Å². The van der Waals surface area contributed by atoms with Gasteiger partial charge in [-0.2, -0.15) is 0 Å². The van der Waals surface area contributed by atoms with Crippen molar-refractivity contribution in [3.05, 3.63) is 102 Å². The van der Waals surface area contributed by atoms with E-state index in [9.17, 15) is 4.79 Å². The predicted molar refractivity (Wildman–Crippen MR) is 97.8 cm³/mol. The largest absolute Gasteiger partial charge is 0.318 e. The molecule has 0 radical (unpaired) electrons. The Morgan fingerprint density at radius 3 is 2.17 bits per heavy atom. The SMILES string of the molecule is O=C1c2ccccc2C(Sc2ccccc2)N1Cc1ccccc1. The van der Waals surface area contributed by atoms with Crippen LogP contribution in [-0.2, 0) is 6.54 Å². The molecule has 1 heterocycles. The quantitative estimate of drug-likeness (QED) is 0.660. The first kappa shape index (κ1) is 15.0. The first-order valence-corrected chi connectivity index (χ1v) is 8.86. The monoisotopic (exact) mass is 331 g/mol. The first-order valence-electron chi connectivity index (χ1n) is 7.98. The number of benzene rings is 3. The van der Waals surface area contributed by atoms with E-state index in [1.807, 2.05) is 59.5 Å². The normalized spacial score (nSPS) is 16.2. The number of hydrogen-bond donors (Lipinski definition) is 0. The number of nitrogens with zero attached hydrogens (tertiary/aromatic N) is 1. The Kier molecular flexibility index (Phi) is 4.09. The van der Waals surface area contributed by atoms with E-state index in [4.69, 9.17) is 0 Å². The molecule has 24 heavy (non-hydrogen) atoms. The van der Waals surface area contributed by atoms with Crippen molar-refractivity contribution in [2.45, 2.75) is 16.8 Å². The van der Waals surface area contributed by atoms with Gasteiger partial charge in [-0.25, -0.2) is 0 Å². The van der Waals surface area contributed by atoms with Gasteiger partial charge in [0.15, 0.2) is 0 Å². The van der Waals surface area contributed by atoms with E-state index in [-0.39, 0.29) is 11.3 Å². The van der Waals surface area contributed by atoms with Gasteiger partial charge in [0.05, 0.1) is 0 Å². The van der Waals surface area contributed by atoms with Gasteiger partial charge in [-0.3, -0.25) is 4.79 Å². The average molecular weight is 331 g/mol. The van der Waals surface area contributed by atoms with Gasteiger partial charge < -0.3 is 4.90 Å². The molecule has 1 unspecified atom stereocenters. The average Bonchev–Trinajstić information content (AvgIpc) is 2.90. The third kappa shape index (κ3) is 2.83. The molecule has 0 saturated carbocycles. The van der Waals surface area contributed by atoms with Crippen LogP contribution in [0.3, 0.4) is 0 Å². The lowest BCUT2D eigenvalue weighted by atomic mass is 10.1. The van der Waals surface area contributed by atoms with Gasteiger partial charge in [0.1, 0.15) is 5.37 Å². The Balaban J connectivity index is 1.69. The van der Waals surface area contributed by atoms with Crippen molar-refractivity contribution in [2.75, 3.05) is 0 Å². The molecule has 1 amide bonds. The van der Waals surface area contributed by atoms with Crippen LogP contribution in [0.25, 0.3) is 0 Å². The molecule has 3 heteroatoms. The lowest BCUT2D eigenvalue weighted by molar-refractivity contribution is 0.0761. The van der Waals surface area contributed by atoms with E-state index < -0.39 is 0 Å². The van der Waals surface area contributed by atoms with Crippen molar-refractivity contribution in [1.82, 2.24) is 4.90 Å². The van der Waals surface area contributed by atoms with E-state index >= 15 is 0 Å². The fourth-order valence-corrected chi connectivity index (χ4v) is 4.23. The van der Waals surface area contributed by atoms with Gasteiger partial charge >= 0.3 is 0 Å². The molecule has 3 aromatic rings.